The second-order valence-corrected chi connectivity index (χ2v) is 6.24. The van der Waals surface area contributed by atoms with E-state index in [2.05, 4.69) is 45.0 Å². The summed E-state index contributed by atoms with van der Waals surface area (Å²) in [5.41, 5.74) is 11.5. The highest BCUT2D eigenvalue weighted by Gasteiger charge is 2.35. The van der Waals surface area contributed by atoms with Gasteiger partial charge in [0, 0.05) is 5.56 Å². The van der Waals surface area contributed by atoms with Crippen LogP contribution in [0.2, 0.25) is 0 Å². The van der Waals surface area contributed by atoms with Crippen LogP contribution in [0.4, 0.5) is 5.82 Å². The fraction of sp³-hybridized carbons (Fsp3) is 0.438. The van der Waals surface area contributed by atoms with E-state index < -0.39 is 0 Å². The number of nitrogens with zero attached hydrogens (tertiary/aromatic N) is 2. The molecule has 3 nitrogen and oxygen atoms in total. The third-order valence-electron chi connectivity index (χ3n) is 4.14. The van der Waals surface area contributed by atoms with Gasteiger partial charge in [-0.15, -0.1) is 0 Å². The number of nitrogens with two attached hydrogens (primary N) is 1. The number of nitrogen functional groups attached to an aromatic ring is 1. The molecule has 0 saturated carbocycles. The average Bonchev–Trinajstić information content (AvgIpc) is 2.79. The maximum Gasteiger partial charge on any atom is 0.126 e. The van der Waals surface area contributed by atoms with Gasteiger partial charge >= 0.3 is 0 Å². The van der Waals surface area contributed by atoms with Gasteiger partial charge in [-0.25, -0.2) is 4.68 Å². The van der Waals surface area contributed by atoms with Gasteiger partial charge in [-0.2, -0.15) is 5.10 Å². The Kier molecular flexibility index (Phi) is 2.66. The van der Waals surface area contributed by atoms with Crippen LogP contribution in [-0.4, -0.2) is 9.78 Å². The van der Waals surface area contributed by atoms with E-state index in [1.165, 1.54) is 22.4 Å². The number of benzene rings is 1. The Morgan fingerprint density at radius 3 is 2.84 bits per heavy atom. The molecular formula is C16H21N3. The van der Waals surface area contributed by atoms with Crippen LogP contribution in [0, 0.1) is 6.92 Å². The van der Waals surface area contributed by atoms with Crippen molar-refractivity contribution in [2.75, 3.05) is 5.73 Å². The quantitative estimate of drug-likeness (QED) is 0.896. The molecule has 1 aliphatic rings. The van der Waals surface area contributed by atoms with Crippen molar-refractivity contribution in [1.29, 1.82) is 0 Å². The normalized spacial score (nSPS) is 16.6. The Morgan fingerprint density at radius 1 is 1.37 bits per heavy atom. The molecule has 2 N–H and O–H groups in total. The topological polar surface area (TPSA) is 43.8 Å². The lowest BCUT2D eigenvalue weighted by atomic mass is 9.87. The minimum absolute atomic E-state index is 0.171. The van der Waals surface area contributed by atoms with Crippen molar-refractivity contribution < 1.29 is 0 Å². The summed E-state index contributed by atoms with van der Waals surface area (Å²) in [6.45, 7) is 7.39. The summed E-state index contributed by atoms with van der Waals surface area (Å²) in [6, 6.07) is 8.52. The van der Waals surface area contributed by atoms with Gasteiger partial charge in [0.15, 0.2) is 0 Å². The molecule has 3 rings (SSSR count). The Morgan fingerprint density at radius 2 is 2.16 bits per heavy atom. The van der Waals surface area contributed by atoms with Crippen LogP contribution in [0.3, 0.4) is 0 Å². The number of aromatic nitrogens is 2. The lowest BCUT2D eigenvalue weighted by molar-refractivity contribution is 0.515. The zero-order valence-corrected chi connectivity index (χ0v) is 11.9. The predicted octanol–water partition coefficient (Wildman–Crippen LogP) is 3.05. The lowest BCUT2D eigenvalue weighted by Crippen LogP contribution is -2.16. The first-order valence-corrected chi connectivity index (χ1v) is 6.88. The minimum atomic E-state index is 0.171. The van der Waals surface area contributed by atoms with Gasteiger partial charge in [0.05, 0.1) is 12.2 Å². The summed E-state index contributed by atoms with van der Waals surface area (Å²) in [7, 11) is 0. The van der Waals surface area contributed by atoms with Crippen molar-refractivity contribution in [2.24, 2.45) is 0 Å². The molecule has 1 heterocycles. The van der Waals surface area contributed by atoms with Crippen molar-refractivity contribution in [2.45, 2.75) is 45.6 Å². The molecule has 0 unspecified atom stereocenters. The van der Waals surface area contributed by atoms with Crippen molar-refractivity contribution in [3.63, 3.8) is 0 Å². The van der Waals surface area contributed by atoms with Gasteiger partial charge in [0.1, 0.15) is 5.82 Å². The van der Waals surface area contributed by atoms with E-state index in [-0.39, 0.29) is 5.41 Å². The number of fused-ring (bicyclic) bond motifs is 1. The molecule has 0 fully saturated rings. The molecule has 0 bridgehead atoms. The monoisotopic (exact) mass is 255 g/mol. The molecule has 0 atom stereocenters. The van der Waals surface area contributed by atoms with Gasteiger partial charge in [-0.3, -0.25) is 0 Å². The van der Waals surface area contributed by atoms with Crippen LogP contribution in [0.25, 0.3) is 0 Å². The Hall–Kier alpha value is -1.77. The van der Waals surface area contributed by atoms with E-state index in [0.29, 0.717) is 0 Å². The van der Waals surface area contributed by atoms with Crippen LogP contribution in [0.15, 0.2) is 24.3 Å². The molecule has 0 saturated heterocycles. The van der Waals surface area contributed by atoms with Crippen molar-refractivity contribution in [3.05, 3.63) is 46.6 Å². The van der Waals surface area contributed by atoms with Crippen LogP contribution in [0.5, 0.6) is 0 Å². The number of hydrogen-bond donors (Lipinski definition) is 1. The number of rotatable bonds is 2. The first-order chi connectivity index (χ1) is 8.97. The van der Waals surface area contributed by atoms with E-state index in [9.17, 15) is 0 Å². The summed E-state index contributed by atoms with van der Waals surface area (Å²) < 4.78 is 1.96. The summed E-state index contributed by atoms with van der Waals surface area (Å²) in [4.78, 5) is 0. The Labute approximate surface area is 114 Å². The van der Waals surface area contributed by atoms with E-state index in [1.807, 2.05) is 4.68 Å². The van der Waals surface area contributed by atoms with E-state index in [1.54, 1.807) is 0 Å². The molecule has 0 radical (unpaired) electrons. The van der Waals surface area contributed by atoms with Crippen molar-refractivity contribution >= 4 is 5.82 Å². The van der Waals surface area contributed by atoms with Gasteiger partial charge in [-0.1, -0.05) is 43.7 Å². The molecular weight excluding hydrogens is 234 g/mol. The molecule has 1 aliphatic carbocycles. The zero-order valence-electron chi connectivity index (χ0n) is 11.9. The highest BCUT2D eigenvalue weighted by molar-refractivity contribution is 5.51. The molecule has 3 heteroatoms. The maximum atomic E-state index is 6.32. The van der Waals surface area contributed by atoms with E-state index in [4.69, 9.17) is 10.8 Å². The third-order valence-corrected chi connectivity index (χ3v) is 4.14. The fourth-order valence-corrected chi connectivity index (χ4v) is 3.10. The molecule has 0 aliphatic heterocycles. The van der Waals surface area contributed by atoms with Gasteiger partial charge in [0.2, 0.25) is 0 Å². The maximum absolute atomic E-state index is 6.32. The summed E-state index contributed by atoms with van der Waals surface area (Å²) in [6.07, 6.45) is 2.20. The van der Waals surface area contributed by atoms with Crippen LogP contribution < -0.4 is 5.73 Å². The molecule has 0 spiro atoms. The predicted molar refractivity (Wildman–Crippen MR) is 78.3 cm³/mol. The smallest absolute Gasteiger partial charge is 0.126 e. The Balaban J connectivity index is 1.96. The lowest BCUT2D eigenvalue weighted by Gasteiger charge is -2.18. The van der Waals surface area contributed by atoms with Crippen LogP contribution in [0.1, 0.15) is 42.7 Å². The second-order valence-electron chi connectivity index (χ2n) is 6.24. The molecule has 1 aromatic carbocycles. The van der Waals surface area contributed by atoms with Crippen molar-refractivity contribution in [3.8, 4) is 0 Å². The zero-order chi connectivity index (χ0) is 13.6. The third kappa shape index (κ3) is 2.03. The molecule has 0 amide bonds. The molecule has 1 aromatic heterocycles. The Bertz CT molecular complexity index is 623. The summed E-state index contributed by atoms with van der Waals surface area (Å²) >= 11 is 0. The van der Waals surface area contributed by atoms with Gasteiger partial charge in [-0.05, 0) is 30.7 Å². The first-order valence-electron chi connectivity index (χ1n) is 6.88. The van der Waals surface area contributed by atoms with Crippen LogP contribution >= 0.6 is 0 Å². The molecule has 19 heavy (non-hydrogen) atoms. The highest BCUT2D eigenvalue weighted by Crippen LogP contribution is 2.41. The fourth-order valence-electron chi connectivity index (χ4n) is 3.10. The first kappa shape index (κ1) is 12.3. The highest BCUT2D eigenvalue weighted by atomic mass is 15.3. The van der Waals surface area contributed by atoms with E-state index in [0.717, 1.165) is 25.2 Å². The molecule has 100 valence electrons. The number of hydrogen-bond acceptors (Lipinski definition) is 2. The second kappa shape index (κ2) is 4.12. The summed E-state index contributed by atoms with van der Waals surface area (Å²) in [5, 5.41) is 4.70. The SMILES string of the molecule is Cc1cccc(Cn2nc3c(c2N)C(C)(C)CC3)c1. The minimum Gasteiger partial charge on any atom is -0.384 e. The van der Waals surface area contributed by atoms with Gasteiger partial charge in [0.25, 0.3) is 0 Å². The number of aryl methyl sites for hydroxylation is 2. The average molecular weight is 255 g/mol. The standard InChI is InChI=1S/C16H21N3/c1-11-5-4-6-12(9-11)10-19-15(17)14-13(18-19)7-8-16(14,2)3/h4-6,9H,7-8,10,17H2,1-3H3. The number of anilines is 1. The van der Waals surface area contributed by atoms with Gasteiger partial charge < -0.3 is 5.73 Å². The molecule has 2 aromatic rings. The summed E-state index contributed by atoms with van der Waals surface area (Å²) in [5.74, 6) is 0.846. The van der Waals surface area contributed by atoms with Crippen molar-refractivity contribution in [1.82, 2.24) is 9.78 Å². The van der Waals surface area contributed by atoms with Crippen LogP contribution in [-0.2, 0) is 18.4 Å². The van der Waals surface area contributed by atoms with E-state index >= 15 is 0 Å². The largest absolute Gasteiger partial charge is 0.384 e.